The lowest BCUT2D eigenvalue weighted by Crippen LogP contribution is -2.30. The first-order chi connectivity index (χ1) is 11.0. The van der Waals surface area contributed by atoms with Gasteiger partial charge in [0, 0.05) is 13.2 Å². The number of nitrogens with one attached hydrogen (secondary N) is 1. The van der Waals surface area contributed by atoms with Crippen LogP contribution in [0.3, 0.4) is 0 Å². The minimum atomic E-state index is -1.00. The summed E-state index contributed by atoms with van der Waals surface area (Å²) in [7, 11) is 1.50. The summed E-state index contributed by atoms with van der Waals surface area (Å²) >= 11 is 0. The van der Waals surface area contributed by atoms with Crippen molar-refractivity contribution < 1.29 is 24.0 Å². The van der Waals surface area contributed by atoms with Gasteiger partial charge in [-0.2, -0.15) is 0 Å². The quantitative estimate of drug-likeness (QED) is 0.810. The van der Waals surface area contributed by atoms with Gasteiger partial charge in [0.1, 0.15) is 6.61 Å². The van der Waals surface area contributed by atoms with E-state index in [-0.39, 0.29) is 18.7 Å². The Morgan fingerprint density at radius 2 is 2.13 bits per heavy atom. The molecule has 0 saturated heterocycles. The van der Waals surface area contributed by atoms with Gasteiger partial charge in [-0.1, -0.05) is 29.4 Å². The summed E-state index contributed by atoms with van der Waals surface area (Å²) in [6, 6.07) is 8.13. The highest BCUT2D eigenvalue weighted by atomic mass is 16.5. The standard InChI is InChI=1S/C16H18N2O5/c1-10-5-3-4-6-12(10)13(8-15(19)20)17-16(21)14-7-11(9-22-2)23-18-14/h3-7,13H,8-9H2,1-2H3,(H,17,21)(H,19,20). The predicted molar refractivity (Wildman–Crippen MR) is 80.9 cm³/mol. The Morgan fingerprint density at radius 1 is 1.39 bits per heavy atom. The second-order valence-electron chi connectivity index (χ2n) is 5.09. The molecule has 7 nitrogen and oxygen atoms in total. The van der Waals surface area contributed by atoms with E-state index in [0.717, 1.165) is 11.1 Å². The number of hydrogen-bond donors (Lipinski definition) is 2. The van der Waals surface area contributed by atoms with Gasteiger partial charge >= 0.3 is 5.97 Å². The van der Waals surface area contributed by atoms with E-state index in [1.165, 1.54) is 13.2 Å². The molecule has 0 spiro atoms. The second-order valence-corrected chi connectivity index (χ2v) is 5.09. The molecule has 2 N–H and O–H groups in total. The normalized spacial score (nSPS) is 11.9. The molecule has 0 radical (unpaired) electrons. The van der Waals surface area contributed by atoms with E-state index in [9.17, 15) is 9.59 Å². The minimum Gasteiger partial charge on any atom is -0.481 e. The number of carboxylic acid groups (broad SMARTS) is 1. The molecule has 1 unspecified atom stereocenters. The SMILES string of the molecule is COCc1cc(C(=O)NC(CC(=O)O)c2ccccc2C)no1. The number of carboxylic acids is 1. The van der Waals surface area contributed by atoms with Crippen molar-refractivity contribution in [2.45, 2.75) is 26.0 Å². The Bertz CT molecular complexity index is 695. The maximum absolute atomic E-state index is 12.3. The van der Waals surface area contributed by atoms with Crippen molar-refractivity contribution in [3.8, 4) is 0 Å². The third-order valence-electron chi connectivity index (χ3n) is 3.33. The van der Waals surface area contributed by atoms with E-state index < -0.39 is 17.9 Å². The fraction of sp³-hybridized carbons (Fsp3) is 0.312. The first-order valence-electron chi connectivity index (χ1n) is 7.04. The van der Waals surface area contributed by atoms with Gasteiger partial charge in [0.05, 0.1) is 12.5 Å². The number of nitrogens with zero attached hydrogens (tertiary/aromatic N) is 1. The Morgan fingerprint density at radius 3 is 2.78 bits per heavy atom. The number of ether oxygens (including phenoxy) is 1. The number of amides is 1. The van der Waals surface area contributed by atoms with Crippen LogP contribution in [0.5, 0.6) is 0 Å². The van der Waals surface area contributed by atoms with Crippen molar-refractivity contribution >= 4 is 11.9 Å². The summed E-state index contributed by atoms with van der Waals surface area (Å²) in [6.45, 7) is 2.07. The lowest BCUT2D eigenvalue weighted by atomic mass is 9.98. The number of benzene rings is 1. The van der Waals surface area contributed by atoms with Gasteiger partial charge in [-0.25, -0.2) is 0 Å². The van der Waals surface area contributed by atoms with Crippen LogP contribution in [0.1, 0.15) is 39.8 Å². The number of hydrogen-bond acceptors (Lipinski definition) is 5. The van der Waals surface area contributed by atoms with Gasteiger partial charge in [0.25, 0.3) is 5.91 Å². The second kappa shape index (κ2) is 7.55. The maximum Gasteiger partial charge on any atom is 0.305 e. The molecular weight excluding hydrogens is 300 g/mol. The van der Waals surface area contributed by atoms with Crippen LogP contribution in [0.4, 0.5) is 0 Å². The summed E-state index contributed by atoms with van der Waals surface area (Å²) < 4.78 is 9.86. The Hall–Kier alpha value is -2.67. The van der Waals surface area contributed by atoms with Crippen LogP contribution in [0.2, 0.25) is 0 Å². The van der Waals surface area contributed by atoms with Crippen molar-refractivity contribution in [3.05, 3.63) is 52.9 Å². The first kappa shape index (κ1) is 16.7. The number of carbonyl (C=O) groups is 2. The van der Waals surface area contributed by atoms with Crippen LogP contribution >= 0.6 is 0 Å². The Balaban J connectivity index is 2.18. The molecule has 1 heterocycles. The highest BCUT2D eigenvalue weighted by Crippen LogP contribution is 2.21. The van der Waals surface area contributed by atoms with Crippen LogP contribution in [-0.4, -0.2) is 29.2 Å². The van der Waals surface area contributed by atoms with Crippen molar-refractivity contribution in [2.75, 3.05) is 7.11 Å². The summed E-state index contributed by atoms with van der Waals surface area (Å²) in [6.07, 6.45) is -0.223. The highest BCUT2D eigenvalue weighted by molar-refractivity contribution is 5.92. The van der Waals surface area contributed by atoms with E-state index >= 15 is 0 Å². The number of carbonyl (C=O) groups excluding carboxylic acids is 1. The first-order valence-corrected chi connectivity index (χ1v) is 7.04. The topological polar surface area (TPSA) is 102 Å². The van der Waals surface area contributed by atoms with Crippen molar-refractivity contribution in [3.63, 3.8) is 0 Å². The van der Waals surface area contributed by atoms with Gasteiger partial charge in [0.2, 0.25) is 0 Å². The predicted octanol–water partition coefficient (Wildman–Crippen LogP) is 2.08. The summed E-state index contributed by atoms with van der Waals surface area (Å²) in [5, 5.41) is 15.5. The molecule has 1 amide bonds. The largest absolute Gasteiger partial charge is 0.481 e. The van der Waals surface area contributed by atoms with Crippen LogP contribution in [-0.2, 0) is 16.1 Å². The van der Waals surface area contributed by atoms with Gasteiger partial charge in [0.15, 0.2) is 11.5 Å². The number of aliphatic carboxylic acids is 1. The van der Waals surface area contributed by atoms with Gasteiger partial charge < -0.3 is 19.7 Å². The number of aryl methyl sites for hydroxylation is 1. The summed E-state index contributed by atoms with van der Waals surface area (Å²) in [5.74, 6) is -1.08. The number of rotatable bonds is 7. The molecule has 0 aliphatic carbocycles. The zero-order valence-electron chi connectivity index (χ0n) is 12.9. The van der Waals surface area contributed by atoms with Crippen molar-refractivity contribution in [1.82, 2.24) is 10.5 Å². The molecule has 2 aromatic rings. The van der Waals surface area contributed by atoms with E-state index in [0.29, 0.717) is 5.76 Å². The third kappa shape index (κ3) is 4.40. The smallest absolute Gasteiger partial charge is 0.305 e. The van der Waals surface area contributed by atoms with Gasteiger partial charge in [-0.15, -0.1) is 0 Å². The average Bonchev–Trinajstić information content (AvgIpc) is 2.96. The fourth-order valence-electron chi connectivity index (χ4n) is 2.25. The third-order valence-corrected chi connectivity index (χ3v) is 3.33. The average molecular weight is 318 g/mol. The van der Waals surface area contributed by atoms with Crippen molar-refractivity contribution in [1.29, 1.82) is 0 Å². The zero-order chi connectivity index (χ0) is 16.8. The van der Waals surface area contributed by atoms with Crippen LogP contribution in [0.25, 0.3) is 0 Å². The van der Waals surface area contributed by atoms with Gasteiger partial charge in [-0.3, -0.25) is 9.59 Å². The molecule has 2 rings (SSSR count). The molecule has 23 heavy (non-hydrogen) atoms. The molecule has 1 aromatic heterocycles. The van der Waals surface area contributed by atoms with Crippen molar-refractivity contribution in [2.24, 2.45) is 0 Å². The lowest BCUT2D eigenvalue weighted by molar-refractivity contribution is -0.137. The minimum absolute atomic E-state index is 0.0843. The molecular formula is C16H18N2O5. The molecule has 1 atom stereocenters. The summed E-state index contributed by atoms with van der Waals surface area (Å²) in [4.78, 5) is 23.4. The molecule has 1 aromatic carbocycles. The van der Waals surface area contributed by atoms with E-state index in [1.807, 2.05) is 19.1 Å². The molecule has 0 fully saturated rings. The monoisotopic (exact) mass is 318 g/mol. The van der Waals surface area contributed by atoms with Crippen LogP contribution in [0.15, 0.2) is 34.9 Å². The van der Waals surface area contributed by atoms with E-state index in [2.05, 4.69) is 10.5 Å². The van der Waals surface area contributed by atoms with Gasteiger partial charge in [-0.05, 0) is 18.1 Å². The summed E-state index contributed by atoms with van der Waals surface area (Å²) in [5.41, 5.74) is 1.74. The molecule has 0 saturated carbocycles. The van der Waals surface area contributed by atoms with E-state index in [1.54, 1.807) is 12.1 Å². The van der Waals surface area contributed by atoms with E-state index in [4.69, 9.17) is 14.4 Å². The zero-order valence-corrected chi connectivity index (χ0v) is 12.9. The number of aromatic nitrogens is 1. The maximum atomic E-state index is 12.3. The number of methoxy groups -OCH3 is 1. The Kier molecular flexibility index (Phi) is 5.48. The molecule has 7 heteroatoms. The molecule has 0 aliphatic heterocycles. The fourth-order valence-corrected chi connectivity index (χ4v) is 2.25. The molecule has 0 bridgehead atoms. The highest BCUT2D eigenvalue weighted by Gasteiger charge is 2.22. The molecule has 0 aliphatic rings. The van der Waals surface area contributed by atoms with Crippen LogP contribution < -0.4 is 5.32 Å². The van der Waals surface area contributed by atoms with Crippen LogP contribution in [0, 0.1) is 6.92 Å². The lowest BCUT2D eigenvalue weighted by Gasteiger charge is -2.18. The Labute approximate surface area is 133 Å². The molecule has 122 valence electrons.